The predicted molar refractivity (Wildman–Crippen MR) is 188 cm³/mol. The molecule has 11 nitrogen and oxygen atoms in total. The zero-order chi connectivity index (χ0) is 35.6. The molecule has 5 saturated carbocycles. The fourth-order valence-corrected chi connectivity index (χ4v) is 13.4. The first-order valence-corrected chi connectivity index (χ1v) is 19.9. The average molecular weight is 707 g/mol. The minimum atomic E-state index is -1.77. The molecule has 0 aromatic carbocycles. The number of hydrogen-bond acceptors (Lipinski definition) is 11. The molecule has 4 heterocycles. The zero-order valence-corrected chi connectivity index (χ0v) is 30.6. The van der Waals surface area contributed by atoms with Gasteiger partial charge in [0, 0.05) is 95.5 Å². The summed E-state index contributed by atoms with van der Waals surface area (Å²) in [4.78, 5) is 51.6. The fourth-order valence-electron chi connectivity index (χ4n) is 13.4. The van der Waals surface area contributed by atoms with Crippen molar-refractivity contribution in [1.29, 1.82) is 0 Å². The van der Waals surface area contributed by atoms with Crippen molar-refractivity contribution in [3.63, 3.8) is 0 Å². The number of hydrogen-bond donors (Lipinski definition) is 2. The minimum absolute atomic E-state index is 0.0359. The molecule has 4 saturated heterocycles. The van der Waals surface area contributed by atoms with E-state index in [0.29, 0.717) is 25.9 Å². The molecule has 9 rings (SSSR count). The molecule has 0 aromatic heterocycles. The molecule has 4 aliphatic heterocycles. The van der Waals surface area contributed by atoms with Gasteiger partial charge in [0.25, 0.3) is 0 Å². The van der Waals surface area contributed by atoms with Gasteiger partial charge in [-0.25, -0.2) is 0 Å². The second kappa shape index (κ2) is 12.2. The van der Waals surface area contributed by atoms with Crippen LogP contribution in [-0.2, 0) is 23.9 Å². The first kappa shape index (κ1) is 34.6. The largest absolute Gasteiger partial charge is 0.461 e. The maximum absolute atomic E-state index is 14.8. The number of esters is 2. The Morgan fingerprint density at radius 2 is 1.20 bits per heavy atom. The van der Waals surface area contributed by atoms with Crippen molar-refractivity contribution in [2.75, 3.05) is 79.5 Å². The van der Waals surface area contributed by atoms with Crippen LogP contribution < -0.4 is 0 Å². The molecule has 280 valence electrons. The number of ketones is 1. The summed E-state index contributed by atoms with van der Waals surface area (Å²) < 4.78 is 12.8. The van der Waals surface area contributed by atoms with Crippen LogP contribution >= 0.6 is 0 Å². The monoisotopic (exact) mass is 706 g/mol. The quantitative estimate of drug-likeness (QED) is 0.328. The maximum atomic E-state index is 14.8. The molecular weight excluding hydrogens is 648 g/mol. The van der Waals surface area contributed by atoms with Crippen LogP contribution in [0.25, 0.3) is 0 Å². The van der Waals surface area contributed by atoms with E-state index in [4.69, 9.17) is 9.47 Å². The average Bonchev–Trinajstić information content (AvgIpc) is 3.76. The molecule has 9 aliphatic rings. The molecular formula is C40H58N4O7. The van der Waals surface area contributed by atoms with E-state index in [1.165, 1.54) is 0 Å². The summed E-state index contributed by atoms with van der Waals surface area (Å²) >= 11 is 0. The molecule has 9 fully saturated rings. The molecule has 2 N–H and O–H groups in total. The predicted octanol–water partition coefficient (Wildman–Crippen LogP) is 1.58. The number of rotatable bonds is 4. The van der Waals surface area contributed by atoms with E-state index in [-0.39, 0.29) is 72.5 Å². The first-order valence-electron chi connectivity index (χ1n) is 19.9. The maximum Gasteiger partial charge on any atom is 0.310 e. The standard InChI is InChI=1S/C40H58N4O7/c1-23-5-7-25-29(21-43-15-11-41(3)12-16-43)36(46)50-34(25)32-27(23)19-31(45)38(32)9-10-39(48)33-28(20-40(38,39)49)24(2)6-8-26-30(37(47)51-35(26)33)22-44-17-13-42(4)14-18-44/h25-30,32-35,48-49H,1-2,5-22H2,3-4H3/t25-,26-,27-,28-,29?,30+,32-,33-,34-,35-,38+,39-,40-/m0/s1. The van der Waals surface area contributed by atoms with Crippen molar-refractivity contribution in [3.8, 4) is 0 Å². The summed E-state index contributed by atoms with van der Waals surface area (Å²) in [5.74, 6) is -2.69. The van der Waals surface area contributed by atoms with Crippen molar-refractivity contribution in [2.24, 2.45) is 52.8 Å². The Bertz CT molecular complexity index is 1500. The van der Waals surface area contributed by atoms with E-state index in [0.717, 1.165) is 82.8 Å². The molecule has 5 aliphatic carbocycles. The molecule has 11 heteroatoms. The van der Waals surface area contributed by atoms with Crippen molar-refractivity contribution < 1.29 is 34.1 Å². The van der Waals surface area contributed by atoms with E-state index < -0.39 is 40.7 Å². The highest BCUT2D eigenvalue weighted by atomic mass is 16.6. The Hall–Kier alpha value is -2.15. The highest BCUT2D eigenvalue weighted by Gasteiger charge is 2.83. The zero-order valence-electron chi connectivity index (χ0n) is 30.6. The second-order valence-electron chi connectivity index (χ2n) is 18.3. The third-order valence-electron chi connectivity index (χ3n) is 16.2. The van der Waals surface area contributed by atoms with Gasteiger partial charge in [-0.2, -0.15) is 0 Å². The van der Waals surface area contributed by atoms with E-state index in [1.807, 2.05) is 0 Å². The van der Waals surface area contributed by atoms with Crippen LogP contribution in [0.3, 0.4) is 0 Å². The molecule has 0 amide bonds. The van der Waals surface area contributed by atoms with E-state index >= 15 is 0 Å². The van der Waals surface area contributed by atoms with Crippen molar-refractivity contribution >= 4 is 17.7 Å². The van der Waals surface area contributed by atoms with Crippen molar-refractivity contribution in [2.45, 2.75) is 74.8 Å². The van der Waals surface area contributed by atoms with Gasteiger partial charge in [-0.15, -0.1) is 0 Å². The third-order valence-corrected chi connectivity index (χ3v) is 16.2. The van der Waals surface area contributed by atoms with E-state index in [1.54, 1.807) is 0 Å². The Balaban J connectivity index is 1.05. The van der Waals surface area contributed by atoms with Gasteiger partial charge in [-0.1, -0.05) is 24.3 Å². The van der Waals surface area contributed by atoms with Gasteiger partial charge in [0.2, 0.25) is 0 Å². The van der Waals surface area contributed by atoms with Gasteiger partial charge < -0.3 is 29.5 Å². The molecule has 1 unspecified atom stereocenters. The Kier molecular flexibility index (Phi) is 8.27. The van der Waals surface area contributed by atoms with Gasteiger partial charge in [0.15, 0.2) is 0 Å². The van der Waals surface area contributed by atoms with E-state index in [2.05, 4.69) is 46.9 Å². The number of piperazine rings is 2. The molecule has 0 aromatic rings. The molecule has 1 spiro atoms. The number of likely N-dealkylation sites (N-methyl/N-ethyl adjacent to an activating group) is 2. The van der Waals surface area contributed by atoms with Crippen LogP contribution in [0.4, 0.5) is 0 Å². The van der Waals surface area contributed by atoms with Crippen LogP contribution in [0.2, 0.25) is 0 Å². The smallest absolute Gasteiger partial charge is 0.310 e. The van der Waals surface area contributed by atoms with Gasteiger partial charge in [-0.05, 0) is 70.9 Å². The first-order chi connectivity index (χ1) is 24.4. The van der Waals surface area contributed by atoms with Crippen LogP contribution in [0.1, 0.15) is 51.4 Å². The molecule has 13 atom stereocenters. The van der Waals surface area contributed by atoms with Crippen LogP contribution in [0.5, 0.6) is 0 Å². The number of nitrogens with zero attached hydrogens (tertiary/aromatic N) is 4. The molecule has 0 bridgehead atoms. The normalized spacial score (nSPS) is 49.3. The van der Waals surface area contributed by atoms with E-state index in [9.17, 15) is 24.6 Å². The number of carbonyl (C=O) groups excluding carboxylic acids is 3. The summed E-state index contributed by atoms with van der Waals surface area (Å²) in [6, 6.07) is 0. The minimum Gasteiger partial charge on any atom is -0.461 e. The van der Waals surface area contributed by atoms with Crippen molar-refractivity contribution in [1.82, 2.24) is 19.6 Å². The summed E-state index contributed by atoms with van der Waals surface area (Å²) in [5.41, 5.74) is -2.72. The number of ether oxygens (including phenoxy) is 2. The lowest BCUT2D eigenvalue weighted by Crippen LogP contribution is -2.63. The number of fused-ring (bicyclic) bond motifs is 10. The van der Waals surface area contributed by atoms with Crippen LogP contribution in [0.15, 0.2) is 24.3 Å². The number of carbonyl (C=O) groups is 3. The van der Waals surface area contributed by atoms with Crippen molar-refractivity contribution in [3.05, 3.63) is 24.3 Å². The van der Waals surface area contributed by atoms with Crippen LogP contribution in [-0.4, -0.2) is 150 Å². The topological polar surface area (TPSA) is 123 Å². The number of aliphatic hydroxyl groups is 2. The van der Waals surface area contributed by atoms with Gasteiger partial charge in [0.05, 0.1) is 17.3 Å². The molecule has 51 heavy (non-hydrogen) atoms. The van der Waals surface area contributed by atoms with Gasteiger partial charge >= 0.3 is 11.9 Å². The Morgan fingerprint density at radius 1 is 0.706 bits per heavy atom. The summed E-state index contributed by atoms with van der Waals surface area (Å²) in [6.07, 6.45) is 2.89. The fraction of sp³-hybridized carbons (Fsp3) is 0.825. The summed E-state index contributed by atoms with van der Waals surface area (Å²) in [6.45, 7) is 17.8. The lowest BCUT2D eigenvalue weighted by atomic mass is 9.59. The third kappa shape index (κ3) is 4.86. The molecule has 0 radical (unpaired) electrons. The lowest BCUT2D eigenvalue weighted by molar-refractivity contribution is -0.205. The van der Waals surface area contributed by atoms with Crippen LogP contribution in [0, 0.1) is 52.8 Å². The number of Topliss-reactive ketones (excluding diaryl/α,β-unsaturated/α-hetero) is 1. The number of allylic oxidation sites excluding steroid dienone is 2. The van der Waals surface area contributed by atoms with Gasteiger partial charge in [-0.3, -0.25) is 24.2 Å². The summed E-state index contributed by atoms with van der Waals surface area (Å²) in [7, 11) is 4.24. The summed E-state index contributed by atoms with van der Waals surface area (Å²) in [5, 5.41) is 26.6. The van der Waals surface area contributed by atoms with Gasteiger partial charge in [0.1, 0.15) is 29.2 Å². The highest BCUT2D eigenvalue weighted by molar-refractivity contribution is 5.91. The second-order valence-corrected chi connectivity index (χ2v) is 18.3. The SMILES string of the molecule is C=C1CC[C@@H]2[C@H](OC(=O)[C@@H]2CN2CCN(C)CC2)[C@@H]2[C@H]1C[C@@]1(O)[C@]2(O)CC[C@]12C(=O)C[C@H]1C(=C)CC[C@H]3C(CN4CCN(C)CC4)C(=O)O[C@@H]3[C@H]12. The Morgan fingerprint density at radius 3 is 1.73 bits per heavy atom. The lowest BCUT2D eigenvalue weighted by Gasteiger charge is -2.48. The Labute approximate surface area is 302 Å². The highest BCUT2D eigenvalue weighted by Crippen LogP contribution is 2.74.